The third kappa shape index (κ3) is 5.75. The molecule has 2 aliphatic rings. The predicted molar refractivity (Wildman–Crippen MR) is 138 cm³/mol. The Labute approximate surface area is 220 Å². The summed E-state index contributed by atoms with van der Waals surface area (Å²) in [4.78, 5) is 12.5. The van der Waals surface area contributed by atoms with Gasteiger partial charge < -0.3 is 10.4 Å². The Bertz CT molecular complexity index is 1390. The Morgan fingerprint density at radius 2 is 1.65 bits per heavy atom. The Balaban J connectivity index is 1.61. The Morgan fingerprint density at radius 1 is 1.08 bits per heavy atom. The van der Waals surface area contributed by atoms with Crippen molar-refractivity contribution >= 4 is 41.1 Å². The van der Waals surface area contributed by atoms with Crippen molar-refractivity contribution in [2.24, 2.45) is 11.8 Å². The molecule has 37 heavy (non-hydrogen) atoms. The zero-order chi connectivity index (χ0) is 27.3. The van der Waals surface area contributed by atoms with Crippen LogP contribution in [-0.4, -0.2) is 38.4 Å². The van der Waals surface area contributed by atoms with Crippen LogP contribution in [0.5, 0.6) is 0 Å². The lowest BCUT2D eigenvalue weighted by Gasteiger charge is -2.38. The largest absolute Gasteiger partial charge is 0.378 e. The van der Waals surface area contributed by atoms with Gasteiger partial charge in [0.15, 0.2) is 27.3 Å². The lowest BCUT2D eigenvalue weighted by molar-refractivity contribution is 0.0341. The van der Waals surface area contributed by atoms with Crippen molar-refractivity contribution in [3.05, 3.63) is 58.4 Å². The Morgan fingerprint density at radius 3 is 2.19 bits per heavy atom. The number of carbonyl (C=O) groups is 1. The van der Waals surface area contributed by atoms with Crippen LogP contribution in [0.2, 0.25) is 24.7 Å². The molecular weight excluding hydrogens is 543 g/mol. The SMILES string of the molecule is C[Si](C)(C)C#CC1(O)CC2CCC(C1)C2S(=O)(=O)c1cc(C(=O)Nc2cc(F)c(F)c(F)c2)ccc1Cl. The molecule has 0 aliphatic heterocycles. The van der Waals surface area contributed by atoms with Gasteiger partial charge in [-0.1, -0.05) is 37.2 Å². The summed E-state index contributed by atoms with van der Waals surface area (Å²) < 4.78 is 67.9. The molecule has 4 rings (SSSR count). The smallest absolute Gasteiger partial charge is 0.255 e. The van der Waals surface area contributed by atoms with E-state index >= 15 is 0 Å². The first-order valence-electron chi connectivity index (χ1n) is 11.9. The average Bonchev–Trinajstić information content (AvgIpc) is 3.09. The van der Waals surface area contributed by atoms with Crippen LogP contribution in [0.25, 0.3) is 0 Å². The normalized spacial score (nSPS) is 25.4. The van der Waals surface area contributed by atoms with E-state index in [0.29, 0.717) is 25.0 Å². The molecule has 0 radical (unpaired) electrons. The van der Waals surface area contributed by atoms with Gasteiger partial charge >= 0.3 is 0 Å². The van der Waals surface area contributed by atoms with Crippen LogP contribution >= 0.6 is 11.6 Å². The van der Waals surface area contributed by atoms with Crippen LogP contribution in [0.3, 0.4) is 0 Å². The fourth-order valence-corrected chi connectivity index (χ4v) is 8.73. The second kappa shape index (κ2) is 9.77. The first kappa shape index (κ1) is 27.7. The Hall–Kier alpha value is -2.32. The van der Waals surface area contributed by atoms with E-state index in [1.54, 1.807) is 0 Å². The van der Waals surface area contributed by atoms with Crippen molar-refractivity contribution in [2.45, 2.75) is 61.1 Å². The first-order chi connectivity index (χ1) is 17.1. The zero-order valence-electron chi connectivity index (χ0n) is 20.5. The van der Waals surface area contributed by atoms with Crippen molar-refractivity contribution in [3.63, 3.8) is 0 Å². The molecule has 0 saturated heterocycles. The average molecular weight is 570 g/mol. The number of benzene rings is 2. The summed E-state index contributed by atoms with van der Waals surface area (Å²) in [7, 11) is -5.74. The number of hydrogen-bond donors (Lipinski definition) is 2. The number of carbonyl (C=O) groups excluding carboxylic acids is 1. The maximum atomic E-state index is 13.8. The molecule has 2 atom stereocenters. The molecule has 2 saturated carbocycles. The molecule has 2 unspecified atom stereocenters. The predicted octanol–water partition coefficient (Wildman–Crippen LogP) is 5.58. The van der Waals surface area contributed by atoms with Crippen molar-refractivity contribution in [1.29, 1.82) is 0 Å². The number of nitrogens with one attached hydrogen (secondary N) is 1. The van der Waals surface area contributed by atoms with Crippen LogP contribution in [0.15, 0.2) is 35.2 Å². The summed E-state index contributed by atoms with van der Waals surface area (Å²) in [5.74, 6) is -3.06. The zero-order valence-corrected chi connectivity index (χ0v) is 23.1. The molecule has 2 aliphatic carbocycles. The fraction of sp³-hybridized carbons (Fsp3) is 0.423. The maximum absolute atomic E-state index is 13.8. The minimum atomic E-state index is -4.00. The van der Waals surface area contributed by atoms with E-state index in [1.165, 1.54) is 12.1 Å². The third-order valence-electron chi connectivity index (χ3n) is 6.81. The summed E-state index contributed by atoms with van der Waals surface area (Å²) in [5, 5.41) is 12.5. The van der Waals surface area contributed by atoms with Gasteiger partial charge in [0.1, 0.15) is 13.7 Å². The maximum Gasteiger partial charge on any atom is 0.255 e. The molecule has 0 spiro atoms. The van der Waals surface area contributed by atoms with Gasteiger partial charge in [0.05, 0.1) is 15.2 Å². The summed E-state index contributed by atoms with van der Waals surface area (Å²) in [6.45, 7) is 6.22. The van der Waals surface area contributed by atoms with E-state index in [-0.39, 0.29) is 45.8 Å². The van der Waals surface area contributed by atoms with Crippen LogP contribution in [0, 0.1) is 40.8 Å². The van der Waals surface area contributed by atoms with E-state index < -0.39 is 52.1 Å². The lowest BCUT2D eigenvalue weighted by atomic mass is 9.78. The molecule has 198 valence electrons. The number of halogens is 4. The van der Waals surface area contributed by atoms with E-state index in [1.807, 2.05) is 0 Å². The van der Waals surface area contributed by atoms with Crippen LogP contribution in [0.4, 0.5) is 18.9 Å². The molecule has 0 heterocycles. The number of rotatable bonds is 4. The molecule has 11 heteroatoms. The number of anilines is 1. The topological polar surface area (TPSA) is 83.5 Å². The Kier molecular flexibility index (Phi) is 7.31. The van der Waals surface area contributed by atoms with E-state index in [2.05, 4.69) is 36.4 Å². The van der Waals surface area contributed by atoms with Crippen LogP contribution in [-0.2, 0) is 9.84 Å². The van der Waals surface area contributed by atoms with Gasteiger partial charge in [0.2, 0.25) is 0 Å². The number of aliphatic hydroxyl groups is 1. The quantitative estimate of drug-likeness (QED) is 0.286. The van der Waals surface area contributed by atoms with Gasteiger partial charge in [-0.2, -0.15) is 0 Å². The van der Waals surface area contributed by atoms with Crippen molar-refractivity contribution in [2.75, 3.05) is 5.32 Å². The highest BCUT2D eigenvalue weighted by molar-refractivity contribution is 7.92. The third-order valence-corrected chi connectivity index (χ3v) is 10.6. The molecule has 2 N–H and O–H groups in total. The van der Waals surface area contributed by atoms with Crippen LogP contribution < -0.4 is 5.32 Å². The van der Waals surface area contributed by atoms with Crippen LogP contribution in [0.1, 0.15) is 36.0 Å². The van der Waals surface area contributed by atoms with Gasteiger partial charge in [-0.05, 0) is 55.7 Å². The minimum absolute atomic E-state index is 0.0609. The molecule has 1 amide bonds. The van der Waals surface area contributed by atoms with Gasteiger partial charge in [-0.3, -0.25) is 4.79 Å². The van der Waals surface area contributed by atoms with Gasteiger partial charge in [0, 0.05) is 23.4 Å². The minimum Gasteiger partial charge on any atom is -0.378 e. The highest BCUT2D eigenvalue weighted by Gasteiger charge is 2.54. The molecule has 2 aromatic carbocycles. The highest BCUT2D eigenvalue weighted by Crippen LogP contribution is 2.51. The van der Waals surface area contributed by atoms with Crippen molar-refractivity contribution < 1.29 is 31.5 Å². The number of fused-ring (bicyclic) bond motifs is 2. The number of hydrogen-bond acceptors (Lipinski definition) is 4. The summed E-state index contributed by atoms with van der Waals surface area (Å²) in [6, 6.07) is 4.93. The number of amides is 1. The lowest BCUT2D eigenvalue weighted by Crippen LogP contribution is -2.45. The second-order valence-electron chi connectivity index (χ2n) is 10.9. The molecular formula is C26H27ClF3NO4SSi. The molecule has 2 aromatic rings. The van der Waals surface area contributed by atoms with E-state index in [4.69, 9.17) is 11.6 Å². The molecule has 2 fully saturated rings. The summed E-state index contributed by atoms with van der Waals surface area (Å²) >= 11 is 6.28. The molecule has 0 aromatic heterocycles. The van der Waals surface area contributed by atoms with Gasteiger partial charge in [-0.25, -0.2) is 21.6 Å². The molecule has 5 nitrogen and oxygen atoms in total. The highest BCUT2D eigenvalue weighted by atomic mass is 35.5. The van der Waals surface area contributed by atoms with Crippen molar-refractivity contribution in [3.8, 4) is 11.5 Å². The monoisotopic (exact) mass is 569 g/mol. The van der Waals surface area contributed by atoms with Gasteiger partial charge in [0.25, 0.3) is 5.91 Å². The van der Waals surface area contributed by atoms with Gasteiger partial charge in [-0.15, -0.1) is 5.54 Å². The van der Waals surface area contributed by atoms with E-state index in [9.17, 15) is 31.5 Å². The number of sulfone groups is 1. The first-order valence-corrected chi connectivity index (χ1v) is 17.3. The summed E-state index contributed by atoms with van der Waals surface area (Å²) in [6.07, 6.45) is 1.74. The standard InChI is InChI=1S/C26H27ClF3NO4SSi/c1-37(2,3)9-8-26(33)13-16-4-5-17(14-26)24(16)36(34,35)22-10-15(6-7-19(22)27)25(32)31-18-11-20(28)23(30)21(29)12-18/h6-7,10-12,16-17,24,33H,4-5,13-14H2,1-3H3,(H,31,32). The van der Waals surface area contributed by atoms with E-state index in [0.717, 1.165) is 6.07 Å². The fourth-order valence-electron chi connectivity index (χ4n) is 5.28. The summed E-state index contributed by atoms with van der Waals surface area (Å²) in [5.41, 5.74) is 1.54. The second-order valence-corrected chi connectivity index (χ2v) is 18.1. The molecule has 2 bridgehead atoms. The van der Waals surface area contributed by atoms with Crippen molar-refractivity contribution in [1.82, 2.24) is 0 Å².